The van der Waals surface area contributed by atoms with Gasteiger partial charge in [0.1, 0.15) is 18.1 Å². The number of piperidine rings is 1. The van der Waals surface area contributed by atoms with Gasteiger partial charge in [-0.15, -0.1) is 0 Å². The van der Waals surface area contributed by atoms with Crippen molar-refractivity contribution in [3.05, 3.63) is 94.4 Å². The molecule has 7 heteroatoms. The lowest BCUT2D eigenvalue weighted by Gasteiger charge is -2.31. The molecule has 1 saturated heterocycles. The molecule has 0 radical (unpaired) electrons. The van der Waals surface area contributed by atoms with Crippen LogP contribution in [-0.2, 0) is 6.54 Å². The second kappa shape index (κ2) is 10.0. The highest BCUT2D eigenvalue weighted by atomic mass is 16.5. The highest BCUT2D eigenvalue weighted by Crippen LogP contribution is 2.22. The van der Waals surface area contributed by atoms with E-state index in [9.17, 15) is 14.4 Å². The van der Waals surface area contributed by atoms with Crippen LogP contribution in [0.2, 0.25) is 0 Å². The van der Waals surface area contributed by atoms with Crippen LogP contribution in [0.15, 0.2) is 77.6 Å². The van der Waals surface area contributed by atoms with E-state index >= 15 is 0 Å². The Morgan fingerprint density at radius 3 is 2.25 bits per heavy atom. The Morgan fingerprint density at radius 2 is 1.56 bits per heavy atom. The van der Waals surface area contributed by atoms with E-state index in [0.29, 0.717) is 37.2 Å². The third-order valence-electron chi connectivity index (χ3n) is 5.61. The molecule has 0 bridgehead atoms. The van der Waals surface area contributed by atoms with Crippen LogP contribution >= 0.6 is 0 Å². The Hall–Kier alpha value is -3.74. The largest absolute Gasteiger partial charge is 0.492 e. The first-order chi connectivity index (χ1) is 15.6. The number of ketones is 1. The summed E-state index contributed by atoms with van der Waals surface area (Å²) in [6.07, 6.45) is 1.23. The lowest BCUT2D eigenvalue weighted by molar-refractivity contribution is 0.0643. The van der Waals surface area contributed by atoms with Crippen LogP contribution in [0.5, 0.6) is 5.75 Å². The number of benzene rings is 2. The molecule has 7 nitrogen and oxygen atoms in total. The molecule has 0 aliphatic carbocycles. The van der Waals surface area contributed by atoms with E-state index in [1.54, 1.807) is 4.90 Å². The average molecular weight is 431 g/mol. The number of carbonyl (C=O) groups excluding carboxylic acids is 2. The first kappa shape index (κ1) is 21.5. The SMILES string of the molecule is O=C(c1ccccc1)C1CCN(C(=O)c2ccc(=O)n(CCOc3ccccc3)n2)CC1. The number of likely N-dealkylation sites (tertiary alicyclic amines) is 1. The van der Waals surface area contributed by atoms with Crippen LogP contribution in [0, 0.1) is 5.92 Å². The maximum atomic E-state index is 12.9. The molecule has 2 heterocycles. The van der Waals surface area contributed by atoms with Gasteiger partial charge in [0.25, 0.3) is 11.5 Å². The van der Waals surface area contributed by atoms with Crippen molar-refractivity contribution in [2.75, 3.05) is 19.7 Å². The summed E-state index contributed by atoms with van der Waals surface area (Å²) >= 11 is 0. The Labute approximate surface area is 186 Å². The monoisotopic (exact) mass is 431 g/mol. The molecule has 0 atom stereocenters. The van der Waals surface area contributed by atoms with Crippen molar-refractivity contribution in [3.8, 4) is 5.75 Å². The molecule has 1 amide bonds. The van der Waals surface area contributed by atoms with E-state index in [-0.39, 0.29) is 42.0 Å². The van der Waals surface area contributed by atoms with Gasteiger partial charge in [0.15, 0.2) is 5.78 Å². The fraction of sp³-hybridized carbons (Fsp3) is 0.280. The molecule has 164 valence electrons. The third kappa shape index (κ3) is 5.11. The first-order valence-electron chi connectivity index (χ1n) is 10.8. The second-order valence-corrected chi connectivity index (χ2v) is 7.74. The topological polar surface area (TPSA) is 81.5 Å². The molecule has 0 spiro atoms. The minimum Gasteiger partial charge on any atom is -0.492 e. The molecular formula is C25H25N3O4. The van der Waals surface area contributed by atoms with Gasteiger partial charge in [0.2, 0.25) is 0 Å². The zero-order chi connectivity index (χ0) is 22.3. The van der Waals surface area contributed by atoms with E-state index in [2.05, 4.69) is 5.10 Å². The summed E-state index contributed by atoms with van der Waals surface area (Å²) in [5.74, 6) is 0.523. The number of hydrogen-bond acceptors (Lipinski definition) is 5. The van der Waals surface area contributed by atoms with Crippen molar-refractivity contribution < 1.29 is 14.3 Å². The zero-order valence-electron chi connectivity index (χ0n) is 17.7. The molecule has 4 rings (SSSR count). The Kier molecular flexibility index (Phi) is 6.75. The smallest absolute Gasteiger partial charge is 0.274 e. The summed E-state index contributed by atoms with van der Waals surface area (Å²) < 4.78 is 6.88. The molecule has 1 aliphatic heterocycles. The lowest BCUT2D eigenvalue weighted by Crippen LogP contribution is -2.41. The van der Waals surface area contributed by atoms with Gasteiger partial charge in [-0.05, 0) is 31.0 Å². The molecule has 1 fully saturated rings. The van der Waals surface area contributed by atoms with Gasteiger partial charge in [0, 0.05) is 30.6 Å². The van der Waals surface area contributed by atoms with Crippen LogP contribution in [-0.4, -0.2) is 46.1 Å². The predicted molar refractivity (Wildman–Crippen MR) is 120 cm³/mol. The van der Waals surface area contributed by atoms with Crippen LogP contribution in [0.1, 0.15) is 33.7 Å². The van der Waals surface area contributed by atoms with Crippen molar-refractivity contribution in [1.82, 2.24) is 14.7 Å². The number of nitrogens with zero attached hydrogens (tertiary/aromatic N) is 3. The van der Waals surface area contributed by atoms with Gasteiger partial charge in [-0.25, -0.2) is 4.68 Å². The minimum absolute atomic E-state index is 0.0847. The van der Waals surface area contributed by atoms with Crippen LogP contribution in [0.25, 0.3) is 0 Å². The number of Topliss-reactive ketones (excluding diaryl/α,β-unsaturated/α-hetero) is 1. The quantitative estimate of drug-likeness (QED) is 0.537. The van der Waals surface area contributed by atoms with E-state index < -0.39 is 0 Å². The Balaban J connectivity index is 1.35. The molecule has 0 saturated carbocycles. The maximum absolute atomic E-state index is 12.9. The zero-order valence-corrected chi connectivity index (χ0v) is 17.7. The summed E-state index contributed by atoms with van der Waals surface area (Å²) in [6.45, 7) is 1.48. The number of aromatic nitrogens is 2. The first-order valence-corrected chi connectivity index (χ1v) is 10.8. The summed E-state index contributed by atoms with van der Waals surface area (Å²) in [5, 5.41) is 4.25. The highest BCUT2D eigenvalue weighted by molar-refractivity contribution is 5.98. The molecule has 0 unspecified atom stereocenters. The number of carbonyl (C=O) groups is 2. The lowest BCUT2D eigenvalue weighted by atomic mass is 9.89. The normalized spacial score (nSPS) is 14.2. The van der Waals surface area contributed by atoms with E-state index in [1.807, 2.05) is 60.7 Å². The van der Waals surface area contributed by atoms with Crippen molar-refractivity contribution in [2.24, 2.45) is 5.92 Å². The average Bonchev–Trinajstić information content (AvgIpc) is 2.85. The molecule has 1 aromatic heterocycles. The van der Waals surface area contributed by atoms with Crippen LogP contribution < -0.4 is 10.3 Å². The van der Waals surface area contributed by atoms with Crippen LogP contribution in [0.4, 0.5) is 0 Å². The summed E-state index contributed by atoms with van der Waals surface area (Å²) in [7, 11) is 0. The van der Waals surface area contributed by atoms with Crippen molar-refractivity contribution in [2.45, 2.75) is 19.4 Å². The van der Waals surface area contributed by atoms with Gasteiger partial charge >= 0.3 is 0 Å². The number of para-hydroxylation sites is 1. The number of amides is 1. The molecule has 3 aromatic rings. The third-order valence-corrected chi connectivity index (χ3v) is 5.61. The summed E-state index contributed by atoms with van der Waals surface area (Å²) in [6, 6.07) is 21.4. The van der Waals surface area contributed by atoms with E-state index in [4.69, 9.17) is 4.74 Å². The standard InChI is InChI=1S/C25H25N3O4/c29-23-12-11-22(26-28(23)17-18-32-21-9-5-2-6-10-21)25(31)27-15-13-20(14-16-27)24(30)19-7-3-1-4-8-19/h1-12,20H,13-18H2. The molecule has 1 aliphatic rings. The van der Waals surface area contributed by atoms with Gasteiger partial charge in [-0.1, -0.05) is 48.5 Å². The Morgan fingerprint density at radius 1 is 0.906 bits per heavy atom. The molecule has 0 N–H and O–H groups in total. The summed E-state index contributed by atoms with van der Waals surface area (Å²) in [5.41, 5.74) is 0.645. The fourth-order valence-electron chi connectivity index (χ4n) is 3.83. The van der Waals surface area contributed by atoms with Crippen molar-refractivity contribution in [3.63, 3.8) is 0 Å². The van der Waals surface area contributed by atoms with Gasteiger partial charge < -0.3 is 9.64 Å². The number of ether oxygens (including phenoxy) is 1. The summed E-state index contributed by atoms with van der Waals surface area (Å²) in [4.78, 5) is 39.5. The van der Waals surface area contributed by atoms with Crippen LogP contribution in [0.3, 0.4) is 0 Å². The molecular weight excluding hydrogens is 406 g/mol. The maximum Gasteiger partial charge on any atom is 0.274 e. The van der Waals surface area contributed by atoms with Gasteiger partial charge in [0.05, 0.1) is 6.54 Å². The van der Waals surface area contributed by atoms with Gasteiger partial charge in [-0.3, -0.25) is 14.4 Å². The molecule has 2 aromatic carbocycles. The second-order valence-electron chi connectivity index (χ2n) is 7.74. The van der Waals surface area contributed by atoms with Crippen molar-refractivity contribution in [1.29, 1.82) is 0 Å². The van der Waals surface area contributed by atoms with Gasteiger partial charge in [-0.2, -0.15) is 5.10 Å². The molecule has 32 heavy (non-hydrogen) atoms. The van der Waals surface area contributed by atoms with E-state index in [1.165, 1.54) is 16.8 Å². The van der Waals surface area contributed by atoms with E-state index in [0.717, 1.165) is 0 Å². The number of rotatable bonds is 7. The predicted octanol–water partition coefficient (Wildman–Crippen LogP) is 3.06. The Bertz CT molecular complexity index is 1120. The highest BCUT2D eigenvalue weighted by Gasteiger charge is 2.29. The fourth-order valence-corrected chi connectivity index (χ4v) is 3.83. The van der Waals surface area contributed by atoms with Crippen molar-refractivity contribution >= 4 is 11.7 Å². The minimum atomic E-state index is -0.287. The number of hydrogen-bond donors (Lipinski definition) is 0.